The highest BCUT2D eigenvalue weighted by Gasteiger charge is 2.09. The molecule has 1 rings (SSSR count). The lowest BCUT2D eigenvalue weighted by molar-refractivity contribution is 0.0141. The van der Waals surface area contributed by atoms with E-state index in [0.29, 0.717) is 6.54 Å². The Morgan fingerprint density at radius 1 is 1.58 bits per heavy atom. The number of nitrogens with zero attached hydrogens (tertiary/aromatic N) is 1. The van der Waals surface area contributed by atoms with E-state index in [2.05, 4.69) is 10.3 Å². The number of nitrogens with one attached hydrogen (secondary N) is 2. The van der Waals surface area contributed by atoms with Crippen LogP contribution in [0.25, 0.3) is 0 Å². The normalized spacial score (nSPS) is 19.1. The van der Waals surface area contributed by atoms with E-state index in [1.807, 2.05) is 5.01 Å². The van der Waals surface area contributed by atoms with Gasteiger partial charge in [-0.25, -0.2) is 10.4 Å². The Kier molecular flexibility index (Phi) is 3.95. The maximum atomic E-state index is 7.09. The third kappa shape index (κ3) is 3.14. The molecule has 0 aromatic rings. The monoisotopic (exact) mass is 174 g/mol. The minimum Gasteiger partial charge on any atom is -0.395 e. The predicted molar refractivity (Wildman–Crippen MR) is 43.4 cm³/mol. The van der Waals surface area contributed by atoms with Crippen molar-refractivity contribution in [3.05, 3.63) is 0 Å². The summed E-state index contributed by atoms with van der Waals surface area (Å²) in [6.07, 6.45) is 0. The molecule has 1 aliphatic heterocycles. The van der Waals surface area contributed by atoms with E-state index in [4.69, 9.17) is 16.0 Å². The van der Waals surface area contributed by atoms with Crippen LogP contribution in [-0.4, -0.2) is 43.8 Å². The minimum atomic E-state index is 0.0292. The van der Waals surface area contributed by atoms with Gasteiger partial charge in [0.15, 0.2) is 0 Å². The third-order valence-electron chi connectivity index (χ3n) is 1.62. The molecule has 1 fully saturated rings. The molecule has 0 bridgehead atoms. The molecule has 6 nitrogen and oxygen atoms in total. The predicted octanol–water partition coefficient (Wildman–Crippen LogP) is -1.31. The Balaban J connectivity index is 2.09. The number of hydrazine groups is 1. The highest BCUT2D eigenvalue weighted by atomic mass is 16.6. The van der Waals surface area contributed by atoms with Gasteiger partial charge in [0.2, 0.25) is 5.90 Å². The van der Waals surface area contributed by atoms with Crippen LogP contribution in [0.3, 0.4) is 0 Å². The zero-order valence-electron chi connectivity index (χ0n) is 6.88. The van der Waals surface area contributed by atoms with Crippen molar-refractivity contribution in [2.45, 2.75) is 0 Å². The first-order valence-corrected chi connectivity index (χ1v) is 3.83. The van der Waals surface area contributed by atoms with Gasteiger partial charge in [0.25, 0.3) is 0 Å². The van der Waals surface area contributed by atoms with Crippen LogP contribution in [-0.2, 0) is 9.57 Å². The van der Waals surface area contributed by atoms with Gasteiger partial charge in [-0.15, -0.1) is 0 Å². The first-order valence-electron chi connectivity index (χ1n) is 3.83. The number of nitrogens with two attached hydrogens (primary N) is 1. The summed E-state index contributed by atoms with van der Waals surface area (Å²) in [5.74, 6) is 4.81. The largest absolute Gasteiger partial charge is 0.395 e. The van der Waals surface area contributed by atoms with Crippen molar-refractivity contribution < 1.29 is 9.57 Å². The van der Waals surface area contributed by atoms with E-state index >= 15 is 0 Å². The highest BCUT2D eigenvalue weighted by Crippen LogP contribution is 1.91. The number of hydrogen-bond donors (Lipinski definition) is 3. The van der Waals surface area contributed by atoms with Crippen LogP contribution in [0.5, 0.6) is 0 Å². The molecule has 70 valence electrons. The quantitative estimate of drug-likeness (QED) is 0.281. The van der Waals surface area contributed by atoms with E-state index < -0.39 is 0 Å². The van der Waals surface area contributed by atoms with Crippen molar-refractivity contribution in [3.8, 4) is 0 Å². The SMILES string of the molecule is N=C(CNN1CCOCC1)ON. The molecule has 0 spiro atoms. The summed E-state index contributed by atoms with van der Waals surface area (Å²) in [6, 6.07) is 0. The van der Waals surface area contributed by atoms with E-state index in [0.717, 1.165) is 26.3 Å². The Labute approximate surface area is 71.0 Å². The fourth-order valence-electron chi connectivity index (χ4n) is 0.947. The van der Waals surface area contributed by atoms with Gasteiger partial charge < -0.3 is 9.57 Å². The Hall–Kier alpha value is -0.690. The average molecular weight is 174 g/mol. The number of ether oxygens (including phenoxy) is 1. The van der Waals surface area contributed by atoms with Gasteiger partial charge in [-0.2, -0.15) is 5.90 Å². The van der Waals surface area contributed by atoms with Gasteiger partial charge in [-0.05, 0) is 0 Å². The lowest BCUT2D eigenvalue weighted by atomic mass is 10.5. The first kappa shape index (κ1) is 9.40. The first-order chi connectivity index (χ1) is 5.83. The molecular formula is C6H14N4O2. The average Bonchev–Trinajstić information content (AvgIpc) is 2.16. The lowest BCUT2D eigenvalue weighted by Gasteiger charge is -2.26. The summed E-state index contributed by atoms with van der Waals surface area (Å²) in [5.41, 5.74) is 3.00. The second-order valence-electron chi connectivity index (χ2n) is 2.48. The molecule has 6 heteroatoms. The van der Waals surface area contributed by atoms with Crippen molar-refractivity contribution >= 4 is 5.90 Å². The second-order valence-corrected chi connectivity index (χ2v) is 2.48. The van der Waals surface area contributed by atoms with Crippen LogP contribution >= 0.6 is 0 Å². The van der Waals surface area contributed by atoms with Crippen LogP contribution in [0.1, 0.15) is 0 Å². The molecule has 1 heterocycles. The van der Waals surface area contributed by atoms with Crippen molar-refractivity contribution in [2.75, 3.05) is 32.8 Å². The third-order valence-corrected chi connectivity index (χ3v) is 1.62. The molecule has 0 amide bonds. The molecule has 0 atom stereocenters. The van der Waals surface area contributed by atoms with E-state index in [9.17, 15) is 0 Å². The van der Waals surface area contributed by atoms with E-state index in [1.54, 1.807) is 0 Å². The van der Waals surface area contributed by atoms with Gasteiger partial charge in [-0.3, -0.25) is 5.41 Å². The standard InChI is InChI=1S/C6H14N4O2/c7-6(12-8)5-9-10-1-3-11-4-2-10/h7,9H,1-5,8H2. The molecule has 0 aromatic carbocycles. The maximum absolute atomic E-state index is 7.09. The molecular weight excluding hydrogens is 160 g/mol. The van der Waals surface area contributed by atoms with Crippen LogP contribution in [0.4, 0.5) is 0 Å². The summed E-state index contributed by atoms with van der Waals surface area (Å²) < 4.78 is 5.14. The summed E-state index contributed by atoms with van der Waals surface area (Å²) in [5, 5.41) is 9.07. The van der Waals surface area contributed by atoms with Crippen LogP contribution in [0, 0.1) is 5.41 Å². The van der Waals surface area contributed by atoms with Crippen LogP contribution in [0.2, 0.25) is 0 Å². The molecule has 4 N–H and O–H groups in total. The van der Waals surface area contributed by atoms with Gasteiger partial charge in [0.05, 0.1) is 19.8 Å². The molecule has 1 saturated heterocycles. The zero-order chi connectivity index (χ0) is 8.81. The second kappa shape index (κ2) is 5.04. The van der Waals surface area contributed by atoms with Crippen molar-refractivity contribution in [2.24, 2.45) is 5.90 Å². The van der Waals surface area contributed by atoms with Gasteiger partial charge in [0.1, 0.15) is 0 Å². The van der Waals surface area contributed by atoms with Crippen LogP contribution < -0.4 is 11.3 Å². The van der Waals surface area contributed by atoms with E-state index in [1.165, 1.54) is 0 Å². The van der Waals surface area contributed by atoms with Crippen molar-refractivity contribution in [3.63, 3.8) is 0 Å². The number of morpholine rings is 1. The summed E-state index contributed by atoms with van der Waals surface area (Å²) in [6.45, 7) is 3.44. The van der Waals surface area contributed by atoms with Crippen molar-refractivity contribution in [1.82, 2.24) is 10.4 Å². The topological polar surface area (TPSA) is 83.6 Å². The smallest absolute Gasteiger partial charge is 0.221 e. The van der Waals surface area contributed by atoms with Gasteiger partial charge >= 0.3 is 0 Å². The molecule has 0 aliphatic carbocycles. The summed E-state index contributed by atoms with van der Waals surface area (Å²) in [4.78, 5) is 4.20. The molecule has 1 aliphatic rings. The fraction of sp³-hybridized carbons (Fsp3) is 0.833. The highest BCUT2D eigenvalue weighted by molar-refractivity contribution is 5.74. The zero-order valence-corrected chi connectivity index (χ0v) is 6.88. The Bertz CT molecular complexity index is 146. The molecule has 0 radical (unpaired) electrons. The molecule has 12 heavy (non-hydrogen) atoms. The number of rotatable bonds is 3. The molecule has 0 aromatic heterocycles. The van der Waals surface area contributed by atoms with Gasteiger partial charge in [-0.1, -0.05) is 0 Å². The maximum Gasteiger partial charge on any atom is 0.221 e. The fourth-order valence-corrected chi connectivity index (χ4v) is 0.947. The van der Waals surface area contributed by atoms with E-state index in [-0.39, 0.29) is 5.90 Å². The molecule has 0 unspecified atom stereocenters. The minimum absolute atomic E-state index is 0.0292. The summed E-state index contributed by atoms with van der Waals surface area (Å²) >= 11 is 0. The Morgan fingerprint density at radius 2 is 2.25 bits per heavy atom. The van der Waals surface area contributed by atoms with Gasteiger partial charge in [0, 0.05) is 13.1 Å². The Morgan fingerprint density at radius 3 is 2.83 bits per heavy atom. The lowest BCUT2D eigenvalue weighted by Crippen LogP contribution is -2.47. The van der Waals surface area contributed by atoms with Crippen LogP contribution in [0.15, 0.2) is 0 Å². The van der Waals surface area contributed by atoms with Crippen molar-refractivity contribution in [1.29, 1.82) is 5.41 Å². The molecule has 0 saturated carbocycles. The number of hydrogen-bond acceptors (Lipinski definition) is 6. The summed E-state index contributed by atoms with van der Waals surface area (Å²) in [7, 11) is 0.